The minimum Gasteiger partial charge on any atom is -0.411 e. The summed E-state index contributed by atoms with van der Waals surface area (Å²) in [6.45, 7) is 3.81. The molecule has 6 nitrogen and oxygen atoms in total. The highest BCUT2D eigenvalue weighted by Crippen LogP contribution is 2.26. The van der Waals surface area contributed by atoms with E-state index in [4.69, 9.17) is 4.42 Å². The molecule has 0 radical (unpaired) electrons. The van der Waals surface area contributed by atoms with Gasteiger partial charge >= 0.3 is 0 Å². The second-order valence-electron chi connectivity index (χ2n) is 5.39. The predicted octanol–water partition coefficient (Wildman–Crippen LogP) is 3.78. The number of nitrogens with zero attached hydrogens (tertiary/aromatic N) is 4. The van der Waals surface area contributed by atoms with Gasteiger partial charge in [0.05, 0.1) is 11.8 Å². The van der Waals surface area contributed by atoms with Gasteiger partial charge in [-0.15, -0.1) is 21.5 Å². The van der Waals surface area contributed by atoms with Gasteiger partial charge in [0.2, 0.25) is 5.89 Å². The minimum absolute atomic E-state index is 0.0757. The van der Waals surface area contributed by atoms with Crippen LogP contribution in [0.2, 0.25) is 0 Å². The normalized spacial score (nSPS) is 11.9. The topological polar surface area (TPSA) is 92.7 Å². The first kappa shape index (κ1) is 17.3. The zero-order valence-corrected chi connectivity index (χ0v) is 15.2. The molecule has 126 valence electrons. The molecule has 0 aliphatic rings. The number of rotatable bonds is 6. The van der Waals surface area contributed by atoms with Crippen molar-refractivity contribution in [2.45, 2.75) is 25.0 Å². The Bertz CT molecular complexity index is 942. The van der Waals surface area contributed by atoms with Gasteiger partial charge < -0.3 is 4.42 Å². The zero-order valence-electron chi connectivity index (χ0n) is 13.6. The molecule has 0 unspecified atom stereocenters. The van der Waals surface area contributed by atoms with Crippen molar-refractivity contribution in [2.24, 2.45) is 0 Å². The third-order valence-electron chi connectivity index (χ3n) is 3.34. The Morgan fingerprint density at radius 2 is 2.24 bits per heavy atom. The van der Waals surface area contributed by atoms with Crippen LogP contribution in [0.1, 0.15) is 22.2 Å². The number of ketones is 1. The molecule has 8 heteroatoms. The predicted molar refractivity (Wildman–Crippen MR) is 95.4 cm³/mol. The molecular weight excluding hydrogens is 356 g/mol. The Balaban J connectivity index is 1.66. The van der Waals surface area contributed by atoms with E-state index in [1.54, 1.807) is 0 Å². The standard InChI is InChI=1S/C17H14N4O2S2/c1-10-4-3-5-12(6-10)15-20-21-17(23-15)25-9-14(22)13(7-18)16-19-11(2)8-24-16/h3-6,8,13H,9H2,1-2H3/t13-/m1/s1. The molecule has 0 N–H and O–H groups in total. The number of carbonyl (C=O) groups is 1. The first-order chi connectivity index (χ1) is 12.1. The van der Waals surface area contributed by atoms with Gasteiger partial charge in [-0.3, -0.25) is 4.79 Å². The fraction of sp³-hybridized carbons (Fsp3) is 0.235. The van der Waals surface area contributed by atoms with Gasteiger partial charge in [-0.1, -0.05) is 29.5 Å². The van der Waals surface area contributed by atoms with E-state index in [1.165, 1.54) is 11.3 Å². The van der Waals surface area contributed by atoms with Crippen molar-refractivity contribution in [1.82, 2.24) is 15.2 Å². The van der Waals surface area contributed by atoms with Crippen LogP contribution < -0.4 is 0 Å². The number of carbonyl (C=O) groups excluding carboxylic acids is 1. The van der Waals surface area contributed by atoms with Crippen molar-refractivity contribution >= 4 is 28.9 Å². The number of hydrogen-bond acceptors (Lipinski definition) is 8. The van der Waals surface area contributed by atoms with E-state index in [-0.39, 0.29) is 11.5 Å². The first-order valence-electron chi connectivity index (χ1n) is 7.44. The highest BCUT2D eigenvalue weighted by Gasteiger charge is 2.24. The summed E-state index contributed by atoms with van der Waals surface area (Å²) < 4.78 is 5.59. The Labute approximate surface area is 152 Å². The molecule has 0 bridgehead atoms. The quantitative estimate of drug-likeness (QED) is 0.610. The van der Waals surface area contributed by atoms with Gasteiger partial charge in [-0.25, -0.2) is 4.98 Å². The number of aryl methyl sites for hydroxylation is 2. The molecule has 0 saturated heterocycles. The lowest BCUT2D eigenvalue weighted by Crippen LogP contribution is -2.13. The van der Waals surface area contributed by atoms with Gasteiger partial charge in [0.15, 0.2) is 11.7 Å². The summed E-state index contributed by atoms with van der Waals surface area (Å²) in [4.78, 5) is 16.5. The maximum Gasteiger partial charge on any atom is 0.277 e. The van der Waals surface area contributed by atoms with Crippen LogP contribution in [-0.4, -0.2) is 26.7 Å². The molecule has 2 aromatic heterocycles. The molecule has 0 spiro atoms. The van der Waals surface area contributed by atoms with Gasteiger partial charge in [0.25, 0.3) is 5.22 Å². The smallest absolute Gasteiger partial charge is 0.277 e. The number of Topliss-reactive ketones (excluding diaryl/α,β-unsaturated/α-hetero) is 1. The van der Waals surface area contributed by atoms with Gasteiger partial charge in [-0.2, -0.15) is 5.26 Å². The number of thiazole rings is 1. The van der Waals surface area contributed by atoms with Crippen LogP contribution in [0.4, 0.5) is 0 Å². The van der Waals surface area contributed by atoms with Crippen LogP contribution in [0.5, 0.6) is 0 Å². The molecule has 0 amide bonds. The number of hydrogen-bond donors (Lipinski definition) is 0. The van der Waals surface area contributed by atoms with E-state index < -0.39 is 5.92 Å². The van der Waals surface area contributed by atoms with E-state index in [1.807, 2.05) is 49.6 Å². The Kier molecular flexibility index (Phi) is 5.26. The number of thioether (sulfide) groups is 1. The van der Waals surface area contributed by atoms with Crippen molar-refractivity contribution in [2.75, 3.05) is 5.75 Å². The van der Waals surface area contributed by atoms with Crippen LogP contribution in [0, 0.1) is 25.2 Å². The third kappa shape index (κ3) is 4.13. The van der Waals surface area contributed by atoms with Crippen molar-refractivity contribution in [3.05, 3.63) is 45.9 Å². The van der Waals surface area contributed by atoms with Crippen LogP contribution in [0.3, 0.4) is 0 Å². The molecule has 1 atom stereocenters. The van der Waals surface area contributed by atoms with Crippen molar-refractivity contribution in [3.8, 4) is 17.5 Å². The van der Waals surface area contributed by atoms with Gasteiger partial charge in [0, 0.05) is 16.6 Å². The number of benzene rings is 1. The van der Waals surface area contributed by atoms with Gasteiger partial charge in [-0.05, 0) is 26.0 Å². The molecule has 1 aromatic carbocycles. The maximum atomic E-state index is 12.3. The summed E-state index contributed by atoms with van der Waals surface area (Å²) in [5.41, 5.74) is 2.73. The second-order valence-corrected chi connectivity index (χ2v) is 7.20. The Morgan fingerprint density at radius 1 is 1.40 bits per heavy atom. The molecule has 3 rings (SSSR count). The van der Waals surface area contributed by atoms with Crippen molar-refractivity contribution < 1.29 is 9.21 Å². The van der Waals surface area contributed by atoms with E-state index in [2.05, 4.69) is 15.2 Å². The summed E-state index contributed by atoms with van der Waals surface area (Å²) in [6, 6.07) is 9.76. The fourth-order valence-electron chi connectivity index (χ4n) is 2.15. The zero-order chi connectivity index (χ0) is 17.8. The molecule has 0 aliphatic heterocycles. The lowest BCUT2D eigenvalue weighted by molar-refractivity contribution is -0.116. The van der Waals surface area contributed by atoms with E-state index in [0.717, 1.165) is 28.6 Å². The molecule has 2 heterocycles. The molecule has 0 fully saturated rings. The summed E-state index contributed by atoms with van der Waals surface area (Å²) in [5.74, 6) is -0.597. The van der Waals surface area contributed by atoms with Crippen LogP contribution >= 0.6 is 23.1 Å². The highest BCUT2D eigenvalue weighted by atomic mass is 32.2. The molecule has 25 heavy (non-hydrogen) atoms. The van der Waals surface area contributed by atoms with E-state index in [9.17, 15) is 10.1 Å². The summed E-state index contributed by atoms with van der Waals surface area (Å²) >= 11 is 2.45. The summed E-state index contributed by atoms with van der Waals surface area (Å²) in [7, 11) is 0. The lowest BCUT2D eigenvalue weighted by Gasteiger charge is -2.03. The molecule has 0 saturated carbocycles. The number of aromatic nitrogens is 3. The molecule has 0 aliphatic carbocycles. The van der Waals surface area contributed by atoms with E-state index in [0.29, 0.717) is 16.1 Å². The minimum atomic E-state index is -0.856. The van der Waals surface area contributed by atoms with Crippen LogP contribution in [0.15, 0.2) is 39.3 Å². The largest absolute Gasteiger partial charge is 0.411 e. The average molecular weight is 370 g/mol. The lowest BCUT2D eigenvalue weighted by atomic mass is 10.1. The maximum absolute atomic E-state index is 12.3. The number of nitriles is 1. The monoisotopic (exact) mass is 370 g/mol. The Morgan fingerprint density at radius 3 is 2.92 bits per heavy atom. The van der Waals surface area contributed by atoms with Crippen LogP contribution in [0.25, 0.3) is 11.5 Å². The summed E-state index contributed by atoms with van der Waals surface area (Å²) in [6.07, 6.45) is 0. The molecule has 3 aromatic rings. The van der Waals surface area contributed by atoms with Crippen molar-refractivity contribution in [1.29, 1.82) is 5.26 Å². The molecular formula is C17H14N4O2S2. The summed E-state index contributed by atoms with van der Waals surface area (Å²) in [5, 5.41) is 19.9. The van der Waals surface area contributed by atoms with Crippen molar-refractivity contribution in [3.63, 3.8) is 0 Å². The van der Waals surface area contributed by atoms with Gasteiger partial charge in [0.1, 0.15) is 5.01 Å². The highest BCUT2D eigenvalue weighted by molar-refractivity contribution is 7.99. The SMILES string of the molecule is Cc1cccc(-c2nnc(SCC(=O)[C@@H](C#N)c3nc(C)cs3)o2)c1. The fourth-order valence-corrected chi connectivity index (χ4v) is 3.68. The van der Waals surface area contributed by atoms with Crippen LogP contribution in [-0.2, 0) is 4.79 Å². The third-order valence-corrected chi connectivity index (χ3v) is 5.21. The second kappa shape index (κ2) is 7.59. The first-order valence-corrected chi connectivity index (χ1v) is 9.31. The van der Waals surface area contributed by atoms with E-state index >= 15 is 0 Å². The Hall–Kier alpha value is -2.50. The average Bonchev–Trinajstić information content (AvgIpc) is 3.23.